The lowest BCUT2D eigenvalue weighted by atomic mass is 10.1. The van der Waals surface area contributed by atoms with E-state index in [-0.39, 0.29) is 17.0 Å². The van der Waals surface area contributed by atoms with Crippen LogP contribution in [-0.2, 0) is 0 Å². The molecule has 1 aliphatic rings. The number of imide groups is 1. The van der Waals surface area contributed by atoms with E-state index in [1.807, 2.05) is 0 Å². The van der Waals surface area contributed by atoms with Gasteiger partial charge in [-0.25, -0.2) is 4.98 Å². The van der Waals surface area contributed by atoms with E-state index >= 15 is 0 Å². The normalized spacial score (nSPS) is 13.8. The first-order valence-electron chi connectivity index (χ1n) is 8.91. The summed E-state index contributed by atoms with van der Waals surface area (Å²) in [6, 6.07) is 13.6. The number of aromatic nitrogens is 2. The molecule has 8 heteroatoms. The average Bonchev–Trinajstić information content (AvgIpc) is 3.18. The number of hydrogen-bond acceptors (Lipinski definition) is 4. The molecule has 0 aliphatic carbocycles. The zero-order valence-electron chi connectivity index (χ0n) is 14.8. The van der Waals surface area contributed by atoms with E-state index in [2.05, 4.69) is 4.98 Å². The van der Waals surface area contributed by atoms with Crippen LogP contribution in [0.2, 0.25) is 0 Å². The summed E-state index contributed by atoms with van der Waals surface area (Å²) in [5.74, 6) is 0.0275. The smallest absolute Gasteiger partial charge is 0.274 e. The number of carbonyl (C=O) groups is 2. The number of para-hydroxylation sites is 2. The molecule has 5 nitrogen and oxygen atoms in total. The molecule has 0 unspecified atom stereocenters. The molecule has 2 heterocycles. The minimum atomic E-state index is -2.66. The van der Waals surface area contributed by atoms with Crippen molar-refractivity contribution in [1.82, 2.24) is 14.5 Å². The summed E-state index contributed by atoms with van der Waals surface area (Å²) in [5.41, 5.74) is 1.82. The molecule has 0 radical (unpaired) electrons. The van der Waals surface area contributed by atoms with Crippen LogP contribution in [0.25, 0.3) is 11.0 Å². The van der Waals surface area contributed by atoms with Crippen LogP contribution in [0.5, 0.6) is 0 Å². The van der Waals surface area contributed by atoms with Gasteiger partial charge < -0.3 is 0 Å². The van der Waals surface area contributed by atoms with Crippen LogP contribution in [-0.4, -0.2) is 38.6 Å². The lowest BCUT2D eigenvalue weighted by Crippen LogP contribution is -2.30. The van der Waals surface area contributed by atoms with E-state index in [1.54, 1.807) is 48.5 Å². The van der Waals surface area contributed by atoms with Crippen molar-refractivity contribution in [3.05, 3.63) is 59.7 Å². The van der Waals surface area contributed by atoms with Gasteiger partial charge in [-0.1, -0.05) is 36.0 Å². The van der Waals surface area contributed by atoms with Gasteiger partial charge in [-0.2, -0.15) is 8.78 Å². The molecule has 1 aromatic heterocycles. The highest BCUT2D eigenvalue weighted by atomic mass is 32.2. The monoisotopic (exact) mass is 401 g/mol. The highest BCUT2D eigenvalue weighted by Gasteiger charge is 2.34. The van der Waals surface area contributed by atoms with Crippen LogP contribution in [0.15, 0.2) is 53.7 Å². The highest BCUT2D eigenvalue weighted by molar-refractivity contribution is 7.99. The zero-order chi connectivity index (χ0) is 19.7. The third kappa shape index (κ3) is 3.28. The molecule has 0 N–H and O–H groups in total. The zero-order valence-corrected chi connectivity index (χ0v) is 15.7. The van der Waals surface area contributed by atoms with Gasteiger partial charge in [0.15, 0.2) is 5.16 Å². The van der Waals surface area contributed by atoms with Gasteiger partial charge >= 0.3 is 6.55 Å². The minimum Gasteiger partial charge on any atom is -0.274 e. The molecule has 0 saturated carbocycles. The largest absolute Gasteiger partial charge is 0.321 e. The van der Waals surface area contributed by atoms with Crippen molar-refractivity contribution in [2.45, 2.75) is 24.5 Å². The minimum absolute atomic E-state index is 0.271. The lowest BCUT2D eigenvalue weighted by Gasteiger charge is -2.13. The molecular weight excluding hydrogens is 384 g/mol. The number of carbonyl (C=O) groups excluding carboxylic acids is 2. The quantitative estimate of drug-likeness (QED) is 0.330. The first-order chi connectivity index (χ1) is 13.6. The number of amides is 2. The first kappa shape index (κ1) is 18.6. The third-order valence-corrected chi connectivity index (χ3v) is 5.68. The van der Waals surface area contributed by atoms with Gasteiger partial charge in [0, 0.05) is 12.3 Å². The Morgan fingerprint density at radius 1 is 0.929 bits per heavy atom. The second-order valence-corrected chi connectivity index (χ2v) is 7.46. The molecule has 0 saturated heterocycles. The van der Waals surface area contributed by atoms with E-state index in [4.69, 9.17) is 0 Å². The molecule has 0 fully saturated rings. The summed E-state index contributed by atoms with van der Waals surface area (Å²) in [7, 11) is 0. The lowest BCUT2D eigenvalue weighted by molar-refractivity contribution is 0.0643. The molecule has 144 valence electrons. The van der Waals surface area contributed by atoms with E-state index in [0.717, 1.165) is 4.57 Å². The Morgan fingerprint density at radius 2 is 1.57 bits per heavy atom. The number of unbranched alkanes of at least 4 members (excludes halogenated alkanes) is 1. The number of hydrogen-bond donors (Lipinski definition) is 0. The van der Waals surface area contributed by atoms with E-state index in [1.165, 1.54) is 16.7 Å². The molecule has 0 bridgehead atoms. The number of rotatable bonds is 7. The van der Waals surface area contributed by atoms with Crippen molar-refractivity contribution in [2.75, 3.05) is 12.3 Å². The van der Waals surface area contributed by atoms with Gasteiger partial charge in [0.05, 0.1) is 22.2 Å². The van der Waals surface area contributed by atoms with Crippen molar-refractivity contribution < 1.29 is 18.4 Å². The van der Waals surface area contributed by atoms with Crippen molar-refractivity contribution in [2.24, 2.45) is 0 Å². The molecular formula is C20H17F2N3O2S. The van der Waals surface area contributed by atoms with Crippen LogP contribution in [0.4, 0.5) is 8.78 Å². The maximum absolute atomic E-state index is 13.4. The number of halogens is 2. The van der Waals surface area contributed by atoms with Gasteiger partial charge in [0.25, 0.3) is 11.8 Å². The molecule has 28 heavy (non-hydrogen) atoms. The van der Waals surface area contributed by atoms with Gasteiger partial charge in [-0.15, -0.1) is 0 Å². The molecule has 4 rings (SSSR count). The van der Waals surface area contributed by atoms with Crippen molar-refractivity contribution in [3.63, 3.8) is 0 Å². The fraction of sp³-hybridized carbons (Fsp3) is 0.250. The van der Waals surface area contributed by atoms with Gasteiger partial charge in [0.2, 0.25) is 0 Å². The molecule has 0 atom stereocenters. The average molecular weight is 401 g/mol. The summed E-state index contributed by atoms with van der Waals surface area (Å²) in [4.78, 5) is 30.2. The van der Waals surface area contributed by atoms with Crippen LogP contribution >= 0.6 is 11.8 Å². The van der Waals surface area contributed by atoms with Gasteiger partial charge in [0.1, 0.15) is 0 Å². The number of nitrogens with zero attached hydrogens (tertiary/aromatic N) is 3. The van der Waals surface area contributed by atoms with Crippen LogP contribution in [0.1, 0.15) is 40.1 Å². The summed E-state index contributed by atoms with van der Waals surface area (Å²) < 4.78 is 27.8. The second kappa shape index (κ2) is 7.71. The number of fused-ring (bicyclic) bond motifs is 2. The Kier molecular flexibility index (Phi) is 5.13. The van der Waals surface area contributed by atoms with Gasteiger partial charge in [-0.3, -0.25) is 19.1 Å². The summed E-state index contributed by atoms with van der Waals surface area (Å²) in [6.07, 6.45) is 1.28. The highest BCUT2D eigenvalue weighted by Crippen LogP contribution is 2.30. The molecule has 1 aliphatic heterocycles. The topological polar surface area (TPSA) is 55.2 Å². The number of thioether (sulfide) groups is 1. The van der Waals surface area contributed by atoms with Crippen molar-refractivity contribution >= 4 is 34.6 Å². The second-order valence-electron chi connectivity index (χ2n) is 6.39. The maximum Gasteiger partial charge on any atom is 0.321 e. The predicted molar refractivity (Wildman–Crippen MR) is 103 cm³/mol. The Bertz CT molecular complexity index is 1020. The number of imidazole rings is 1. The molecule has 0 spiro atoms. The Labute approximate surface area is 164 Å². The summed E-state index contributed by atoms with van der Waals surface area (Å²) in [5, 5.41) is 0.275. The van der Waals surface area contributed by atoms with E-state index in [0.29, 0.717) is 47.3 Å². The van der Waals surface area contributed by atoms with Crippen LogP contribution in [0, 0.1) is 0 Å². The summed E-state index contributed by atoms with van der Waals surface area (Å²) in [6.45, 7) is -2.34. The SMILES string of the molecule is O=C1c2ccccc2C(=O)N1CCCCSc1nc2ccccc2n1C(F)F. The number of benzene rings is 2. The van der Waals surface area contributed by atoms with Crippen molar-refractivity contribution in [3.8, 4) is 0 Å². The maximum atomic E-state index is 13.4. The number of alkyl halides is 2. The standard InChI is InChI=1S/C20H17F2N3O2S/c21-19(22)25-16-10-4-3-9-15(16)23-20(25)28-12-6-5-11-24-17(26)13-7-1-2-8-14(13)18(24)27/h1-4,7-10,19H,5-6,11-12H2. The Morgan fingerprint density at radius 3 is 2.25 bits per heavy atom. The fourth-order valence-corrected chi connectivity index (χ4v) is 4.30. The Hall–Kier alpha value is -2.74. The molecule has 2 aromatic carbocycles. The van der Waals surface area contributed by atoms with E-state index in [9.17, 15) is 18.4 Å². The summed E-state index contributed by atoms with van der Waals surface area (Å²) >= 11 is 1.26. The Balaban J connectivity index is 1.34. The molecule has 2 amide bonds. The van der Waals surface area contributed by atoms with Crippen LogP contribution in [0.3, 0.4) is 0 Å². The van der Waals surface area contributed by atoms with Crippen molar-refractivity contribution in [1.29, 1.82) is 0 Å². The first-order valence-corrected chi connectivity index (χ1v) is 9.89. The van der Waals surface area contributed by atoms with Gasteiger partial charge in [-0.05, 0) is 37.1 Å². The van der Waals surface area contributed by atoms with E-state index < -0.39 is 6.55 Å². The fourth-order valence-electron chi connectivity index (χ4n) is 3.29. The third-order valence-electron chi connectivity index (χ3n) is 4.64. The predicted octanol–water partition coefficient (Wildman–Crippen LogP) is 4.60. The van der Waals surface area contributed by atoms with Crippen LogP contribution < -0.4 is 0 Å². The molecule has 3 aromatic rings.